The highest BCUT2D eigenvalue weighted by Crippen LogP contribution is 2.28. The standard InChI is InChI=1S/C23H22N2O5/c1-14-4-8-17(24-22(27)15-5-9-18(26)10-6-15)13-19(14)25-23(28)16-7-11-20(29-2)21(12-16)30-3/h4-13,26H,1-3H3,(H,24,27)(H,25,28). The number of ether oxygens (including phenoxy) is 2. The number of amides is 2. The van der Waals surface area contributed by atoms with Crippen LogP contribution in [0.3, 0.4) is 0 Å². The Labute approximate surface area is 174 Å². The first kappa shape index (κ1) is 20.7. The van der Waals surface area contributed by atoms with Gasteiger partial charge in [-0.05, 0) is 67.1 Å². The van der Waals surface area contributed by atoms with E-state index in [0.29, 0.717) is 34.0 Å². The summed E-state index contributed by atoms with van der Waals surface area (Å²) in [4.78, 5) is 25.1. The van der Waals surface area contributed by atoms with Gasteiger partial charge in [-0.1, -0.05) is 6.07 Å². The number of phenolic OH excluding ortho intramolecular Hbond substituents is 1. The second kappa shape index (κ2) is 9.00. The third kappa shape index (κ3) is 4.70. The van der Waals surface area contributed by atoms with Crippen molar-refractivity contribution in [3.63, 3.8) is 0 Å². The van der Waals surface area contributed by atoms with Crippen LogP contribution in [-0.4, -0.2) is 31.1 Å². The molecular formula is C23H22N2O5. The minimum Gasteiger partial charge on any atom is -0.508 e. The van der Waals surface area contributed by atoms with E-state index in [0.717, 1.165) is 5.56 Å². The van der Waals surface area contributed by atoms with Crippen LogP contribution in [0.15, 0.2) is 60.7 Å². The molecule has 3 aromatic rings. The third-order valence-corrected chi connectivity index (χ3v) is 4.52. The zero-order valence-electron chi connectivity index (χ0n) is 16.9. The molecule has 0 aliphatic carbocycles. The van der Waals surface area contributed by atoms with Crippen molar-refractivity contribution in [1.29, 1.82) is 0 Å². The van der Waals surface area contributed by atoms with Gasteiger partial charge in [-0.3, -0.25) is 9.59 Å². The maximum Gasteiger partial charge on any atom is 0.255 e. The number of hydrogen-bond donors (Lipinski definition) is 3. The molecule has 0 spiro atoms. The number of nitrogens with one attached hydrogen (secondary N) is 2. The molecule has 0 heterocycles. The summed E-state index contributed by atoms with van der Waals surface area (Å²) in [5, 5.41) is 15.0. The molecule has 0 radical (unpaired) electrons. The number of aryl methyl sites for hydroxylation is 1. The lowest BCUT2D eigenvalue weighted by Crippen LogP contribution is -2.15. The molecule has 0 aromatic heterocycles. The summed E-state index contributed by atoms with van der Waals surface area (Å²) in [5.41, 5.74) is 2.75. The highest BCUT2D eigenvalue weighted by molar-refractivity contribution is 6.07. The van der Waals surface area contributed by atoms with E-state index in [9.17, 15) is 14.7 Å². The second-order valence-electron chi connectivity index (χ2n) is 6.55. The van der Waals surface area contributed by atoms with Gasteiger partial charge in [0.25, 0.3) is 11.8 Å². The van der Waals surface area contributed by atoms with Gasteiger partial charge in [0.2, 0.25) is 0 Å². The summed E-state index contributed by atoms with van der Waals surface area (Å²) in [6.45, 7) is 1.86. The van der Waals surface area contributed by atoms with Gasteiger partial charge in [0.1, 0.15) is 5.75 Å². The van der Waals surface area contributed by atoms with Crippen molar-refractivity contribution >= 4 is 23.2 Å². The van der Waals surface area contributed by atoms with Crippen LogP contribution in [0.1, 0.15) is 26.3 Å². The lowest BCUT2D eigenvalue weighted by molar-refractivity contribution is 0.101. The Hall–Kier alpha value is -4.00. The largest absolute Gasteiger partial charge is 0.508 e. The Morgan fingerprint density at radius 2 is 1.40 bits per heavy atom. The number of anilines is 2. The molecule has 0 atom stereocenters. The van der Waals surface area contributed by atoms with E-state index in [4.69, 9.17) is 9.47 Å². The summed E-state index contributed by atoms with van der Waals surface area (Å²) in [5.74, 6) is 0.431. The number of carbonyl (C=O) groups is 2. The fourth-order valence-electron chi connectivity index (χ4n) is 2.82. The first-order valence-corrected chi connectivity index (χ1v) is 9.15. The van der Waals surface area contributed by atoms with Gasteiger partial charge >= 0.3 is 0 Å². The van der Waals surface area contributed by atoms with Crippen molar-refractivity contribution in [3.05, 3.63) is 77.4 Å². The predicted octanol–water partition coefficient (Wildman–Crippen LogP) is 4.22. The lowest BCUT2D eigenvalue weighted by Gasteiger charge is -2.13. The maximum absolute atomic E-state index is 12.7. The molecule has 3 N–H and O–H groups in total. The quantitative estimate of drug-likeness (QED) is 0.569. The zero-order chi connectivity index (χ0) is 21.7. The van der Waals surface area contributed by atoms with Gasteiger partial charge in [0.05, 0.1) is 14.2 Å². The van der Waals surface area contributed by atoms with Crippen LogP contribution in [-0.2, 0) is 0 Å². The van der Waals surface area contributed by atoms with E-state index >= 15 is 0 Å². The summed E-state index contributed by atoms with van der Waals surface area (Å²) < 4.78 is 10.4. The van der Waals surface area contributed by atoms with Crippen molar-refractivity contribution < 1.29 is 24.2 Å². The van der Waals surface area contributed by atoms with Crippen molar-refractivity contribution in [3.8, 4) is 17.2 Å². The third-order valence-electron chi connectivity index (χ3n) is 4.52. The van der Waals surface area contributed by atoms with Crippen LogP contribution in [0.4, 0.5) is 11.4 Å². The SMILES string of the molecule is COc1ccc(C(=O)Nc2cc(NC(=O)c3ccc(O)cc3)ccc2C)cc1OC. The fourth-order valence-corrected chi connectivity index (χ4v) is 2.82. The number of benzene rings is 3. The molecule has 7 heteroatoms. The van der Waals surface area contributed by atoms with Gasteiger partial charge in [0.15, 0.2) is 11.5 Å². The van der Waals surface area contributed by atoms with Crippen molar-refractivity contribution in [2.45, 2.75) is 6.92 Å². The van der Waals surface area contributed by atoms with Crippen LogP contribution in [0.25, 0.3) is 0 Å². The molecule has 0 saturated heterocycles. The van der Waals surface area contributed by atoms with Crippen LogP contribution < -0.4 is 20.1 Å². The molecule has 0 aliphatic rings. The lowest BCUT2D eigenvalue weighted by atomic mass is 10.1. The number of phenols is 1. The molecule has 154 valence electrons. The summed E-state index contributed by atoms with van der Waals surface area (Å²) in [6.07, 6.45) is 0. The van der Waals surface area contributed by atoms with E-state index < -0.39 is 0 Å². The van der Waals surface area contributed by atoms with Gasteiger partial charge in [-0.2, -0.15) is 0 Å². The van der Waals surface area contributed by atoms with Gasteiger partial charge in [0, 0.05) is 22.5 Å². The zero-order valence-corrected chi connectivity index (χ0v) is 16.9. The minimum absolute atomic E-state index is 0.0852. The second-order valence-corrected chi connectivity index (χ2v) is 6.55. The average Bonchev–Trinajstić information content (AvgIpc) is 2.75. The smallest absolute Gasteiger partial charge is 0.255 e. The Kier molecular flexibility index (Phi) is 6.22. The van der Waals surface area contributed by atoms with E-state index in [1.54, 1.807) is 36.4 Å². The predicted molar refractivity (Wildman–Crippen MR) is 115 cm³/mol. The molecule has 3 aromatic carbocycles. The first-order valence-electron chi connectivity index (χ1n) is 9.15. The molecule has 2 amide bonds. The molecule has 0 bridgehead atoms. The van der Waals surface area contributed by atoms with Crippen LogP contribution in [0, 0.1) is 6.92 Å². The summed E-state index contributed by atoms with van der Waals surface area (Å²) in [7, 11) is 3.03. The van der Waals surface area contributed by atoms with Crippen LogP contribution in [0.2, 0.25) is 0 Å². The molecule has 0 fully saturated rings. The number of carbonyl (C=O) groups excluding carboxylic acids is 2. The molecule has 0 aliphatic heterocycles. The Morgan fingerprint density at radius 1 is 0.767 bits per heavy atom. The topological polar surface area (TPSA) is 96.9 Å². The maximum atomic E-state index is 12.7. The Balaban J connectivity index is 1.77. The summed E-state index contributed by atoms with van der Waals surface area (Å²) in [6, 6.07) is 16.1. The van der Waals surface area contributed by atoms with Gasteiger partial charge in [-0.25, -0.2) is 0 Å². The van der Waals surface area contributed by atoms with E-state index in [-0.39, 0.29) is 17.6 Å². The highest BCUT2D eigenvalue weighted by Gasteiger charge is 2.13. The van der Waals surface area contributed by atoms with Crippen LogP contribution >= 0.6 is 0 Å². The van der Waals surface area contributed by atoms with E-state index in [1.807, 2.05) is 6.92 Å². The fraction of sp³-hybridized carbons (Fsp3) is 0.130. The Morgan fingerprint density at radius 3 is 2.07 bits per heavy atom. The molecule has 7 nitrogen and oxygen atoms in total. The van der Waals surface area contributed by atoms with Crippen LogP contribution in [0.5, 0.6) is 17.2 Å². The monoisotopic (exact) mass is 406 g/mol. The number of rotatable bonds is 6. The Bertz CT molecular complexity index is 1080. The number of methoxy groups -OCH3 is 2. The highest BCUT2D eigenvalue weighted by atomic mass is 16.5. The molecule has 3 rings (SSSR count). The molecule has 30 heavy (non-hydrogen) atoms. The normalized spacial score (nSPS) is 10.2. The van der Waals surface area contributed by atoms with Crippen molar-refractivity contribution in [1.82, 2.24) is 0 Å². The van der Waals surface area contributed by atoms with E-state index in [2.05, 4.69) is 10.6 Å². The van der Waals surface area contributed by atoms with Gasteiger partial charge in [-0.15, -0.1) is 0 Å². The minimum atomic E-state index is -0.323. The number of aromatic hydroxyl groups is 1. The average molecular weight is 406 g/mol. The molecular weight excluding hydrogens is 384 g/mol. The van der Waals surface area contributed by atoms with E-state index in [1.165, 1.54) is 38.5 Å². The first-order chi connectivity index (χ1) is 14.4. The van der Waals surface area contributed by atoms with Crippen molar-refractivity contribution in [2.75, 3.05) is 24.9 Å². The summed E-state index contributed by atoms with van der Waals surface area (Å²) >= 11 is 0. The van der Waals surface area contributed by atoms with Crippen molar-refractivity contribution in [2.24, 2.45) is 0 Å². The number of hydrogen-bond acceptors (Lipinski definition) is 5. The van der Waals surface area contributed by atoms with Gasteiger partial charge < -0.3 is 25.2 Å². The molecule has 0 saturated carbocycles. The molecule has 0 unspecified atom stereocenters.